The molecule has 0 amide bonds. The van der Waals surface area contributed by atoms with Crippen molar-refractivity contribution in [2.75, 3.05) is 19.6 Å². The standard InChI is InChI=1S/C11H14N2/c1-2-13-7-5-11(9-13)10-4-3-6-12-8-10/h3-6,8H,2,7,9H2,1H3. The number of rotatable bonds is 2. The minimum Gasteiger partial charge on any atom is -0.296 e. The van der Waals surface area contributed by atoms with Gasteiger partial charge < -0.3 is 0 Å². The van der Waals surface area contributed by atoms with E-state index in [1.54, 1.807) is 0 Å². The van der Waals surface area contributed by atoms with Crippen LogP contribution in [0.25, 0.3) is 5.57 Å². The minimum atomic E-state index is 1.07. The fourth-order valence-electron chi connectivity index (χ4n) is 1.61. The molecule has 0 unspecified atom stereocenters. The number of hydrogen-bond acceptors (Lipinski definition) is 2. The zero-order chi connectivity index (χ0) is 9.10. The summed E-state index contributed by atoms with van der Waals surface area (Å²) < 4.78 is 0. The van der Waals surface area contributed by atoms with Gasteiger partial charge in [0.15, 0.2) is 0 Å². The van der Waals surface area contributed by atoms with E-state index in [1.165, 1.54) is 11.1 Å². The highest BCUT2D eigenvalue weighted by Gasteiger charge is 2.12. The van der Waals surface area contributed by atoms with Crippen LogP contribution < -0.4 is 0 Å². The molecule has 13 heavy (non-hydrogen) atoms. The molecule has 2 heteroatoms. The van der Waals surface area contributed by atoms with E-state index in [2.05, 4.69) is 29.0 Å². The van der Waals surface area contributed by atoms with E-state index >= 15 is 0 Å². The highest BCUT2D eigenvalue weighted by Crippen LogP contribution is 2.19. The topological polar surface area (TPSA) is 16.1 Å². The van der Waals surface area contributed by atoms with Gasteiger partial charge in [-0.3, -0.25) is 9.88 Å². The first-order chi connectivity index (χ1) is 6.40. The summed E-state index contributed by atoms with van der Waals surface area (Å²) in [5, 5.41) is 0. The maximum atomic E-state index is 4.12. The Balaban J connectivity index is 2.12. The van der Waals surface area contributed by atoms with Crippen molar-refractivity contribution in [2.45, 2.75) is 6.92 Å². The summed E-state index contributed by atoms with van der Waals surface area (Å²) in [6, 6.07) is 4.11. The molecule has 1 aromatic rings. The summed E-state index contributed by atoms with van der Waals surface area (Å²) in [6.45, 7) is 5.48. The van der Waals surface area contributed by atoms with Crippen molar-refractivity contribution < 1.29 is 0 Å². The van der Waals surface area contributed by atoms with Crippen LogP contribution in [0.15, 0.2) is 30.6 Å². The van der Waals surface area contributed by atoms with E-state index in [0.717, 1.165) is 19.6 Å². The molecule has 0 fully saturated rings. The molecular formula is C11H14N2. The summed E-state index contributed by atoms with van der Waals surface area (Å²) in [5.41, 5.74) is 2.67. The van der Waals surface area contributed by atoms with Crippen LogP contribution in [0.5, 0.6) is 0 Å². The molecule has 0 saturated heterocycles. The van der Waals surface area contributed by atoms with Gasteiger partial charge in [0.2, 0.25) is 0 Å². The first kappa shape index (κ1) is 8.45. The quantitative estimate of drug-likeness (QED) is 0.679. The van der Waals surface area contributed by atoms with Crippen molar-refractivity contribution >= 4 is 5.57 Å². The van der Waals surface area contributed by atoms with Crippen LogP contribution >= 0.6 is 0 Å². The summed E-state index contributed by atoms with van der Waals surface area (Å²) in [7, 11) is 0. The largest absolute Gasteiger partial charge is 0.296 e. The first-order valence-electron chi connectivity index (χ1n) is 4.72. The molecule has 2 nitrogen and oxygen atoms in total. The van der Waals surface area contributed by atoms with Crippen LogP contribution in [0.3, 0.4) is 0 Å². The molecule has 0 radical (unpaired) electrons. The van der Waals surface area contributed by atoms with Gasteiger partial charge in [-0.05, 0) is 23.7 Å². The van der Waals surface area contributed by atoms with Crippen molar-refractivity contribution in [1.82, 2.24) is 9.88 Å². The van der Waals surface area contributed by atoms with E-state index in [-0.39, 0.29) is 0 Å². The van der Waals surface area contributed by atoms with Gasteiger partial charge in [0, 0.05) is 25.5 Å². The maximum Gasteiger partial charge on any atom is 0.0343 e. The van der Waals surface area contributed by atoms with E-state index in [9.17, 15) is 0 Å². The van der Waals surface area contributed by atoms with E-state index in [0.29, 0.717) is 0 Å². The van der Waals surface area contributed by atoms with Gasteiger partial charge in [-0.25, -0.2) is 0 Å². The number of hydrogen-bond donors (Lipinski definition) is 0. The van der Waals surface area contributed by atoms with Gasteiger partial charge in [0.25, 0.3) is 0 Å². The van der Waals surface area contributed by atoms with Gasteiger partial charge >= 0.3 is 0 Å². The Hall–Kier alpha value is -1.15. The van der Waals surface area contributed by atoms with Crippen LogP contribution in [-0.2, 0) is 0 Å². The van der Waals surface area contributed by atoms with Crippen molar-refractivity contribution in [3.63, 3.8) is 0 Å². The lowest BCUT2D eigenvalue weighted by Gasteiger charge is -2.11. The lowest BCUT2D eigenvalue weighted by Crippen LogP contribution is -2.19. The fraction of sp³-hybridized carbons (Fsp3) is 0.364. The van der Waals surface area contributed by atoms with Gasteiger partial charge in [-0.2, -0.15) is 0 Å². The Morgan fingerprint density at radius 2 is 2.46 bits per heavy atom. The van der Waals surface area contributed by atoms with Crippen LogP contribution in [0.1, 0.15) is 12.5 Å². The Bertz CT molecular complexity index is 303. The van der Waals surface area contributed by atoms with Gasteiger partial charge in [-0.15, -0.1) is 0 Å². The molecule has 68 valence electrons. The Kier molecular flexibility index (Phi) is 2.41. The molecule has 1 aliphatic rings. The van der Waals surface area contributed by atoms with Crippen molar-refractivity contribution in [3.8, 4) is 0 Å². The predicted octanol–water partition coefficient (Wildman–Crippen LogP) is 1.80. The lowest BCUT2D eigenvalue weighted by atomic mass is 10.1. The average Bonchev–Trinajstić information content (AvgIpc) is 2.67. The summed E-state index contributed by atoms with van der Waals surface area (Å²) >= 11 is 0. The van der Waals surface area contributed by atoms with E-state index in [4.69, 9.17) is 0 Å². The third-order valence-corrected chi connectivity index (χ3v) is 2.47. The summed E-state index contributed by atoms with van der Waals surface area (Å²) in [5.74, 6) is 0. The predicted molar refractivity (Wildman–Crippen MR) is 54.3 cm³/mol. The average molecular weight is 174 g/mol. The highest BCUT2D eigenvalue weighted by atomic mass is 15.1. The third kappa shape index (κ3) is 1.78. The third-order valence-electron chi connectivity index (χ3n) is 2.47. The highest BCUT2D eigenvalue weighted by molar-refractivity contribution is 5.68. The van der Waals surface area contributed by atoms with Crippen molar-refractivity contribution in [3.05, 3.63) is 36.2 Å². The smallest absolute Gasteiger partial charge is 0.0343 e. The number of nitrogens with zero attached hydrogens (tertiary/aromatic N) is 2. The minimum absolute atomic E-state index is 1.07. The van der Waals surface area contributed by atoms with Gasteiger partial charge in [-0.1, -0.05) is 19.1 Å². The van der Waals surface area contributed by atoms with Crippen LogP contribution in [-0.4, -0.2) is 29.5 Å². The second-order valence-electron chi connectivity index (χ2n) is 3.30. The number of pyridine rings is 1. The van der Waals surface area contributed by atoms with E-state index < -0.39 is 0 Å². The van der Waals surface area contributed by atoms with Crippen molar-refractivity contribution in [2.24, 2.45) is 0 Å². The molecule has 1 aromatic heterocycles. The zero-order valence-corrected chi connectivity index (χ0v) is 7.90. The van der Waals surface area contributed by atoms with E-state index in [1.807, 2.05) is 18.5 Å². The fourth-order valence-corrected chi connectivity index (χ4v) is 1.61. The molecule has 0 aliphatic carbocycles. The summed E-state index contributed by atoms with van der Waals surface area (Å²) in [4.78, 5) is 6.53. The van der Waals surface area contributed by atoms with Gasteiger partial charge in [0.1, 0.15) is 0 Å². The molecule has 2 heterocycles. The zero-order valence-electron chi connectivity index (χ0n) is 7.90. The Morgan fingerprint density at radius 3 is 3.08 bits per heavy atom. The van der Waals surface area contributed by atoms with Gasteiger partial charge in [0.05, 0.1) is 0 Å². The normalized spacial score (nSPS) is 17.5. The molecule has 0 atom stereocenters. The SMILES string of the molecule is CCN1CC=C(c2cccnc2)C1. The van der Waals surface area contributed by atoms with Crippen LogP contribution in [0.4, 0.5) is 0 Å². The Labute approximate surface area is 78.9 Å². The molecular weight excluding hydrogens is 160 g/mol. The molecule has 1 aliphatic heterocycles. The maximum absolute atomic E-state index is 4.12. The molecule has 0 aromatic carbocycles. The molecule has 0 N–H and O–H groups in total. The number of likely N-dealkylation sites (N-methyl/N-ethyl adjacent to an activating group) is 1. The second kappa shape index (κ2) is 3.71. The first-order valence-corrected chi connectivity index (χ1v) is 4.72. The lowest BCUT2D eigenvalue weighted by molar-refractivity contribution is 0.376. The van der Waals surface area contributed by atoms with Crippen LogP contribution in [0, 0.1) is 0 Å². The van der Waals surface area contributed by atoms with Crippen molar-refractivity contribution in [1.29, 1.82) is 0 Å². The molecule has 2 rings (SSSR count). The Morgan fingerprint density at radius 1 is 1.54 bits per heavy atom. The summed E-state index contributed by atoms with van der Waals surface area (Å²) in [6.07, 6.45) is 6.04. The molecule has 0 bridgehead atoms. The van der Waals surface area contributed by atoms with Crippen LogP contribution in [0.2, 0.25) is 0 Å². The molecule has 0 saturated carbocycles. The monoisotopic (exact) mass is 174 g/mol. The molecule has 0 spiro atoms. The second-order valence-corrected chi connectivity index (χ2v) is 3.30. The number of aromatic nitrogens is 1.